The lowest BCUT2D eigenvalue weighted by molar-refractivity contribution is 0.0596. The van der Waals surface area contributed by atoms with E-state index in [1.54, 1.807) is 24.5 Å². The van der Waals surface area contributed by atoms with Crippen LogP contribution >= 0.6 is 0 Å². The summed E-state index contributed by atoms with van der Waals surface area (Å²) in [5.41, 5.74) is 1.57. The summed E-state index contributed by atoms with van der Waals surface area (Å²) in [6.07, 6.45) is 3.75. The summed E-state index contributed by atoms with van der Waals surface area (Å²) < 4.78 is 10.2. The Kier molecular flexibility index (Phi) is 5.33. The van der Waals surface area contributed by atoms with Crippen molar-refractivity contribution in [2.24, 2.45) is 0 Å². The van der Waals surface area contributed by atoms with E-state index in [1.807, 2.05) is 18.2 Å². The van der Waals surface area contributed by atoms with Gasteiger partial charge >= 0.3 is 5.97 Å². The minimum absolute atomic E-state index is 0.274. The number of esters is 1. The number of hydrogen-bond donors (Lipinski definition) is 1. The van der Waals surface area contributed by atoms with E-state index in [0.717, 1.165) is 24.9 Å². The van der Waals surface area contributed by atoms with Gasteiger partial charge in [-0.05, 0) is 49.6 Å². The molecule has 1 aromatic carbocycles. The first-order chi connectivity index (χ1) is 11.7. The Morgan fingerprint density at radius 2 is 2.21 bits per heavy atom. The molecule has 2 unspecified atom stereocenters. The molecular weight excluding hydrogens is 306 g/mol. The van der Waals surface area contributed by atoms with Crippen LogP contribution in [0.4, 0.5) is 0 Å². The van der Waals surface area contributed by atoms with Crippen molar-refractivity contribution in [2.45, 2.75) is 38.0 Å². The molecule has 1 fully saturated rings. The van der Waals surface area contributed by atoms with Crippen LogP contribution in [0.1, 0.15) is 47.0 Å². The number of carbonyl (C=O) groups is 1. The summed E-state index contributed by atoms with van der Waals surface area (Å²) in [6.45, 7) is 1.64. The average Bonchev–Trinajstić information content (AvgIpc) is 3.27. The van der Waals surface area contributed by atoms with Crippen LogP contribution in [0.25, 0.3) is 0 Å². The van der Waals surface area contributed by atoms with E-state index in [9.17, 15) is 9.90 Å². The standard InChI is InChI=1S/C19H23NO4/c1-23-19(22)16-8-3-2-6-14(16)13-20-10-4-7-15(20)12-17(21)18-9-5-11-24-18/h2-3,5-6,8-9,11,15,17,21H,4,7,10,12-13H2,1H3. The predicted octanol–water partition coefficient (Wildman–Crippen LogP) is 3.15. The Morgan fingerprint density at radius 3 is 2.96 bits per heavy atom. The predicted molar refractivity (Wildman–Crippen MR) is 89.5 cm³/mol. The molecule has 1 saturated heterocycles. The van der Waals surface area contributed by atoms with Gasteiger partial charge in [-0.25, -0.2) is 4.79 Å². The maximum Gasteiger partial charge on any atom is 0.338 e. The number of rotatable bonds is 6. The van der Waals surface area contributed by atoms with Gasteiger partial charge in [-0.3, -0.25) is 4.90 Å². The molecule has 2 aromatic rings. The lowest BCUT2D eigenvalue weighted by atomic mass is 10.0. The first-order valence-corrected chi connectivity index (χ1v) is 8.30. The lowest BCUT2D eigenvalue weighted by Crippen LogP contribution is -2.31. The summed E-state index contributed by atoms with van der Waals surface area (Å²) in [5.74, 6) is 0.300. The van der Waals surface area contributed by atoms with Gasteiger partial charge < -0.3 is 14.3 Å². The maximum absolute atomic E-state index is 11.9. The highest BCUT2D eigenvalue weighted by atomic mass is 16.5. The van der Waals surface area contributed by atoms with Crippen molar-refractivity contribution in [2.75, 3.05) is 13.7 Å². The van der Waals surface area contributed by atoms with Gasteiger partial charge in [0.2, 0.25) is 0 Å². The number of aliphatic hydroxyl groups excluding tert-OH is 1. The molecule has 0 radical (unpaired) electrons. The topological polar surface area (TPSA) is 62.9 Å². The van der Waals surface area contributed by atoms with Crippen LogP contribution in [0.5, 0.6) is 0 Å². The normalized spacial score (nSPS) is 19.3. The second-order valence-electron chi connectivity index (χ2n) is 6.18. The van der Waals surface area contributed by atoms with E-state index in [2.05, 4.69) is 4.90 Å². The Bertz CT molecular complexity index is 668. The quantitative estimate of drug-likeness (QED) is 0.825. The van der Waals surface area contributed by atoms with Gasteiger partial charge in [0.25, 0.3) is 0 Å². The van der Waals surface area contributed by atoms with Crippen molar-refractivity contribution >= 4 is 5.97 Å². The van der Waals surface area contributed by atoms with Gasteiger partial charge in [-0.15, -0.1) is 0 Å². The highest BCUT2D eigenvalue weighted by Gasteiger charge is 2.28. The monoisotopic (exact) mass is 329 g/mol. The minimum atomic E-state index is -0.596. The molecule has 2 heterocycles. The molecule has 0 amide bonds. The highest BCUT2D eigenvalue weighted by molar-refractivity contribution is 5.90. The third kappa shape index (κ3) is 3.68. The highest BCUT2D eigenvalue weighted by Crippen LogP contribution is 2.29. The van der Waals surface area contributed by atoms with Gasteiger partial charge in [0, 0.05) is 12.6 Å². The number of hydrogen-bond acceptors (Lipinski definition) is 5. The molecule has 1 aromatic heterocycles. The number of methoxy groups -OCH3 is 1. The van der Waals surface area contributed by atoms with Crippen molar-refractivity contribution in [3.63, 3.8) is 0 Å². The SMILES string of the molecule is COC(=O)c1ccccc1CN1CCCC1CC(O)c1ccco1. The second kappa shape index (κ2) is 7.64. The zero-order valence-corrected chi connectivity index (χ0v) is 13.9. The fraction of sp³-hybridized carbons (Fsp3) is 0.421. The van der Waals surface area contributed by atoms with Gasteiger partial charge in [-0.2, -0.15) is 0 Å². The third-order valence-electron chi connectivity index (χ3n) is 4.66. The molecule has 5 nitrogen and oxygen atoms in total. The molecular formula is C19H23NO4. The number of nitrogens with zero attached hydrogens (tertiary/aromatic N) is 1. The first-order valence-electron chi connectivity index (χ1n) is 8.30. The van der Waals surface area contributed by atoms with Crippen molar-refractivity contribution in [1.29, 1.82) is 0 Å². The lowest BCUT2D eigenvalue weighted by Gasteiger charge is -2.26. The number of likely N-dealkylation sites (tertiary alicyclic amines) is 1. The van der Waals surface area contributed by atoms with Crippen molar-refractivity contribution < 1.29 is 19.1 Å². The molecule has 3 rings (SSSR count). The second-order valence-corrected chi connectivity index (χ2v) is 6.18. The summed E-state index contributed by atoms with van der Waals surface area (Å²) in [7, 11) is 1.40. The molecule has 0 saturated carbocycles. The van der Waals surface area contributed by atoms with E-state index >= 15 is 0 Å². The number of furan rings is 1. The van der Waals surface area contributed by atoms with E-state index in [1.165, 1.54) is 7.11 Å². The summed E-state index contributed by atoms with van der Waals surface area (Å²) in [6, 6.07) is 11.4. The molecule has 0 bridgehead atoms. The maximum atomic E-state index is 11.9. The van der Waals surface area contributed by atoms with Crippen molar-refractivity contribution in [3.05, 3.63) is 59.5 Å². The van der Waals surface area contributed by atoms with E-state index in [4.69, 9.17) is 9.15 Å². The van der Waals surface area contributed by atoms with Crippen LogP contribution in [0.15, 0.2) is 47.1 Å². The van der Waals surface area contributed by atoms with E-state index in [-0.39, 0.29) is 12.0 Å². The fourth-order valence-electron chi connectivity index (χ4n) is 3.41. The van der Waals surface area contributed by atoms with Crippen molar-refractivity contribution in [3.8, 4) is 0 Å². The molecule has 1 aliphatic rings. The van der Waals surface area contributed by atoms with Crippen LogP contribution in [0.3, 0.4) is 0 Å². The van der Waals surface area contributed by atoms with Gasteiger partial charge in [0.15, 0.2) is 0 Å². The Balaban J connectivity index is 1.69. The van der Waals surface area contributed by atoms with E-state index in [0.29, 0.717) is 24.3 Å². The number of ether oxygens (including phenoxy) is 1. The molecule has 2 atom stereocenters. The summed E-state index contributed by atoms with van der Waals surface area (Å²) >= 11 is 0. The van der Waals surface area contributed by atoms with Gasteiger partial charge in [-0.1, -0.05) is 18.2 Å². The Morgan fingerprint density at radius 1 is 1.38 bits per heavy atom. The zero-order chi connectivity index (χ0) is 16.9. The molecule has 1 aliphatic heterocycles. The molecule has 0 spiro atoms. The third-order valence-corrected chi connectivity index (χ3v) is 4.66. The van der Waals surface area contributed by atoms with Crippen LogP contribution < -0.4 is 0 Å². The Labute approximate surface area is 141 Å². The molecule has 1 N–H and O–H groups in total. The molecule has 24 heavy (non-hydrogen) atoms. The number of benzene rings is 1. The molecule has 5 heteroatoms. The first kappa shape index (κ1) is 16.7. The zero-order valence-electron chi connectivity index (χ0n) is 13.9. The average molecular weight is 329 g/mol. The molecule has 128 valence electrons. The Hall–Kier alpha value is -2.11. The summed E-state index contributed by atoms with van der Waals surface area (Å²) in [5, 5.41) is 10.3. The van der Waals surface area contributed by atoms with E-state index < -0.39 is 6.10 Å². The van der Waals surface area contributed by atoms with Gasteiger partial charge in [0.1, 0.15) is 11.9 Å². The smallest absolute Gasteiger partial charge is 0.338 e. The van der Waals surface area contributed by atoms with Crippen molar-refractivity contribution in [1.82, 2.24) is 4.90 Å². The van der Waals surface area contributed by atoms with Crippen LogP contribution in [0, 0.1) is 0 Å². The number of carbonyl (C=O) groups excluding carboxylic acids is 1. The van der Waals surface area contributed by atoms with Gasteiger partial charge in [0.05, 0.1) is 18.9 Å². The largest absolute Gasteiger partial charge is 0.467 e. The van der Waals surface area contributed by atoms with Crippen LogP contribution in [-0.2, 0) is 11.3 Å². The van der Waals surface area contributed by atoms with Crippen LogP contribution in [0.2, 0.25) is 0 Å². The number of aliphatic hydroxyl groups is 1. The minimum Gasteiger partial charge on any atom is -0.467 e. The molecule has 0 aliphatic carbocycles. The van der Waals surface area contributed by atoms with Crippen LogP contribution in [-0.4, -0.2) is 35.7 Å². The summed E-state index contributed by atoms with van der Waals surface area (Å²) in [4.78, 5) is 14.3. The fourth-order valence-corrected chi connectivity index (χ4v) is 3.41.